The third-order valence-corrected chi connectivity index (χ3v) is 7.74. The van der Waals surface area contributed by atoms with E-state index in [1.807, 2.05) is 18.2 Å². The van der Waals surface area contributed by atoms with E-state index in [9.17, 15) is 14.7 Å². The Morgan fingerprint density at radius 1 is 1.00 bits per heavy atom. The van der Waals surface area contributed by atoms with Gasteiger partial charge in [0.15, 0.2) is 5.78 Å². The number of Topliss-reactive ketones (excluding diaryl/α,β-unsaturated/α-hetero) is 1. The van der Waals surface area contributed by atoms with E-state index in [1.165, 1.54) is 22.3 Å². The lowest BCUT2D eigenvalue weighted by molar-refractivity contribution is -0.128. The summed E-state index contributed by atoms with van der Waals surface area (Å²) in [5.74, 6) is 2.07. The normalized spacial score (nSPS) is 35.4. The summed E-state index contributed by atoms with van der Waals surface area (Å²) in [6.07, 6.45) is 7.95. The van der Waals surface area contributed by atoms with E-state index in [2.05, 4.69) is 6.92 Å². The summed E-state index contributed by atoms with van der Waals surface area (Å²) in [6.45, 7) is 2.19. The molecule has 2 saturated carbocycles. The standard InChI is InChI=1S/C24H26O3/c1-24-13-20(14-2-5-16(25)6-3-14)23-18-9-7-17(26)12-15(18)4-8-19(23)21(24)10-11-22(24)27/h2-3,5-6,12,19-21,25H,4,7-11,13H2,1H3/t19?,20-,21?,24+/m1/s1. The van der Waals surface area contributed by atoms with Gasteiger partial charge in [0, 0.05) is 24.2 Å². The maximum atomic E-state index is 12.8. The second-order valence-electron chi connectivity index (χ2n) is 9.05. The van der Waals surface area contributed by atoms with Crippen LogP contribution in [-0.4, -0.2) is 16.7 Å². The molecule has 1 N–H and O–H groups in total. The average Bonchev–Trinajstić information content (AvgIpc) is 2.96. The van der Waals surface area contributed by atoms with Crippen molar-refractivity contribution in [1.82, 2.24) is 0 Å². The van der Waals surface area contributed by atoms with Crippen LogP contribution >= 0.6 is 0 Å². The summed E-state index contributed by atoms with van der Waals surface area (Å²) in [5.41, 5.74) is 5.11. The van der Waals surface area contributed by atoms with E-state index in [-0.39, 0.29) is 22.9 Å². The molecule has 2 unspecified atom stereocenters. The molecule has 3 heteroatoms. The Bertz CT molecular complexity index is 889. The van der Waals surface area contributed by atoms with E-state index >= 15 is 0 Å². The quantitative estimate of drug-likeness (QED) is 0.776. The molecule has 0 aliphatic heterocycles. The minimum absolute atomic E-state index is 0.214. The molecule has 0 radical (unpaired) electrons. The smallest absolute Gasteiger partial charge is 0.156 e. The fraction of sp³-hybridized carbons (Fsp3) is 0.500. The van der Waals surface area contributed by atoms with Crippen molar-refractivity contribution in [3.63, 3.8) is 0 Å². The molecule has 2 fully saturated rings. The highest BCUT2D eigenvalue weighted by Gasteiger charge is 2.56. The fourth-order valence-electron chi connectivity index (χ4n) is 6.44. The van der Waals surface area contributed by atoms with Gasteiger partial charge in [0.05, 0.1) is 0 Å². The maximum absolute atomic E-state index is 12.8. The first-order valence-electron chi connectivity index (χ1n) is 10.3. The number of ketones is 2. The van der Waals surface area contributed by atoms with E-state index in [4.69, 9.17) is 0 Å². The minimum atomic E-state index is -0.233. The number of carbonyl (C=O) groups excluding carboxylic acids is 2. The number of phenolic OH excluding ortho intramolecular Hbond substituents is 1. The van der Waals surface area contributed by atoms with Gasteiger partial charge in [-0.3, -0.25) is 9.59 Å². The van der Waals surface area contributed by atoms with Crippen LogP contribution in [0.15, 0.2) is 47.1 Å². The van der Waals surface area contributed by atoms with Crippen LogP contribution in [-0.2, 0) is 9.59 Å². The zero-order valence-corrected chi connectivity index (χ0v) is 15.8. The second kappa shape index (κ2) is 5.92. The summed E-state index contributed by atoms with van der Waals surface area (Å²) in [7, 11) is 0. The topological polar surface area (TPSA) is 54.4 Å². The van der Waals surface area contributed by atoms with Gasteiger partial charge in [0.25, 0.3) is 0 Å². The number of hydrogen-bond acceptors (Lipinski definition) is 3. The van der Waals surface area contributed by atoms with Crippen LogP contribution in [0.1, 0.15) is 63.4 Å². The van der Waals surface area contributed by atoms with Crippen molar-refractivity contribution in [1.29, 1.82) is 0 Å². The zero-order chi connectivity index (χ0) is 18.8. The summed E-state index contributed by atoms with van der Waals surface area (Å²) >= 11 is 0. The van der Waals surface area contributed by atoms with Crippen molar-refractivity contribution in [3.05, 3.63) is 52.6 Å². The van der Waals surface area contributed by atoms with Crippen molar-refractivity contribution >= 4 is 11.6 Å². The number of rotatable bonds is 1. The molecular formula is C24H26O3. The molecule has 4 atom stereocenters. The number of fused-ring (bicyclic) bond motifs is 4. The third kappa shape index (κ3) is 2.47. The number of carbonyl (C=O) groups is 2. The SMILES string of the molecule is C[C@]12C[C@H](c3ccc(O)cc3)C3=C4CCC(=O)C=C4CCC3C1CCC2=O. The minimum Gasteiger partial charge on any atom is -0.508 e. The van der Waals surface area contributed by atoms with Crippen LogP contribution in [0.3, 0.4) is 0 Å². The highest BCUT2D eigenvalue weighted by atomic mass is 16.3. The number of allylic oxidation sites excluding steroid dienone is 4. The lowest BCUT2D eigenvalue weighted by atomic mass is 9.53. The van der Waals surface area contributed by atoms with Gasteiger partial charge in [-0.25, -0.2) is 0 Å². The lowest BCUT2D eigenvalue weighted by Gasteiger charge is -2.50. The van der Waals surface area contributed by atoms with Crippen LogP contribution in [0.5, 0.6) is 5.75 Å². The summed E-state index contributed by atoms with van der Waals surface area (Å²) in [4.78, 5) is 24.8. The van der Waals surface area contributed by atoms with Crippen LogP contribution in [0.2, 0.25) is 0 Å². The molecule has 0 spiro atoms. The van der Waals surface area contributed by atoms with E-state index in [0.717, 1.165) is 32.1 Å². The Morgan fingerprint density at radius 2 is 1.78 bits per heavy atom. The Morgan fingerprint density at radius 3 is 2.56 bits per heavy atom. The van der Waals surface area contributed by atoms with Crippen molar-refractivity contribution in [2.75, 3.05) is 0 Å². The maximum Gasteiger partial charge on any atom is 0.156 e. The van der Waals surface area contributed by atoms with Gasteiger partial charge in [-0.05, 0) is 78.9 Å². The predicted octanol–water partition coefficient (Wildman–Crippen LogP) is 4.86. The molecule has 140 valence electrons. The van der Waals surface area contributed by atoms with Crippen molar-refractivity contribution in [2.45, 2.75) is 57.8 Å². The predicted molar refractivity (Wildman–Crippen MR) is 103 cm³/mol. The van der Waals surface area contributed by atoms with Crippen LogP contribution in [0, 0.1) is 17.3 Å². The molecule has 1 aromatic carbocycles. The fourth-order valence-corrected chi connectivity index (χ4v) is 6.44. The zero-order valence-electron chi connectivity index (χ0n) is 15.8. The lowest BCUT2D eigenvalue weighted by Crippen LogP contribution is -2.43. The second-order valence-corrected chi connectivity index (χ2v) is 9.05. The monoisotopic (exact) mass is 362 g/mol. The molecule has 0 aromatic heterocycles. The van der Waals surface area contributed by atoms with Crippen molar-refractivity contribution in [2.24, 2.45) is 17.3 Å². The molecule has 0 amide bonds. The highest BCUT2D eigenvalue weighted by molar-refractivity contribution is 5.93. The van der Waals surface area contributed by atoms with E-state index < -0.39 is 0 Å². The van der Waals surface area contributed by atoms with Gasteiger partial charge in [-0.1, -0.05) is 24.6 Å². The third-order valence-electron chi connectivity index (χ3n) is 7.74. The van der Waals surface area contributed by atoms with E-state index in [1.54, 1.807) is 12.1 Å². The molecule has 27 heavy (non-hydrogen) atoms. The van der Waals surface area contributed by atoms with Gasteiger partial charge in [-0.2, -0.15) is 0 Å². The largest absolute Gasteiger partial charge is 0.508 e. The number of hydrogen-bond donors (Lipinski definition) is 1. The molecule has 0 saturated heterocycles. The highest BCUT2D eigenvalue weighted by Crippen LogP contribution is 2.62. The van der Waals surface area contributed by atoms with Gasteiger partial charge >= 0.3 is 0 Å². The first-order chi connectivity index (χ1) is 13.0. The number of aromatic hydroxyl groups is 1. The first kappa shape index (κ1) is 17.0. The molecule has 5 rings (SSSR count). The molecule has 4 aliphatic rings. The molecule has 0 heterocycles. The van der Waals surface area contributed by atoms with Crippen molar-refractivity contribution in [3.8, 4) is 5.75 Å². The molecule has 0 bridgehead atoms. The van der Waals surface area contributed by atoms with E-state index in [0.29, 0.717) is 30.5 Å². The van der Waals surface area contributed by atoms with Crippen molar-refractivity contribution < 1.29 is 14.7 Å². The molecule has 1 aromatic rings. The number of benzene rings is 1. The Labute approximate surface area is 160 Å². The van der Waals surface area contributed by atoms with Gasteiger partial charge in [0.1, 0.15) is 11.5 Å². The Hall–Kier alpha value is -2.16. The average molecular weight is 362 g/mol. The van der Waals surface area contributed by atoms with Gasteiger partial charge < -0.3 is 5.11 Å². The first-order valence-corrected chi connectivity index (χ1v) is 10.3. The summed E-state index contributed by atoms with van der Waals surface area (Å²) in [5, 5.41) is 9.73. The van der Waals surface area contributed by atoms with Gasteiger partial charge in [-0.15, -0.1) is 0 Å². The molecule has 3 nitrogen and oxygen atoms in total. The van der Waals surface area contributed by atoms with Crippen LogP contribution in [0.4, 0.5) is 0 Å². The van der Waals surface area contributed by atoms with Crippen LogP contribution < -0.4 is 0 Å². The molecule has 4 aliphatic carbocycles. The molecular weight excluding hydrogens is 336 g/mol. The Kier molecular flexibility index (Phi) is 3.72. The van der Waals surface area contributed by atoms with Crippen LogP contribution in [0.25, 0.3) is 0 Å². The summed E-state index contributed by atoms with van der Waals surface area (Å²) in [6, 6.07) is 7.54. The van der Waals surface area contributed by atoms with Gasteiger partial charge in [0.2, 0.25) is 0 Å². The Balaban J connectivity index is 1.69. The summed E-state index contributed by atoms with van der Waals surface area (Å²) < 4.78 is 0. The number of phenols is 1.